The molecule has 0 radical (unpaired) electrons. The van der Waals surface area contributed by atoms with Crippen molar-refractivity contribution in [2.75, 3.05) is 18.5 Å². The van der Waals surface area contributed by atoms with Crippen LogP contribution < -0.4 is 14.8 Å². The molecule has 1 amide bonds. The fraction of sp³-hybridized carbons (Fsp3) is 0.240. The molecule has 3 aromatic rings. The van der Waals surface area contributed by atoms with Crippen molar-refractivity contribution in [1.29, 1.82) is 0 Å². The Morgan fingerprint density at radius 1 is 0.828 bits per heavy atom. The van der Waals surface area contributed by atoms with E-state index >= 15 is 0 Å². The molecular formula is C25H27NO3. The first kappa shape index (κ1) is 20.5. The van der Waals surface area contributed by atoms with Gasteiger partial charge in [0.1, 0.15) is 11.5 Å². The summed E-state index contributed by atoms with van der Waals surface area (Å²) >= 11 is 0. The van der Waals surface area contributed by atoms with Crippen LogP contribution in [0.2, 0.25) is 0 Å². The van der Waals surface area contributed by atoms with Gasteiger partial charge in [0.25, 0.3) is 5.91 Å². The lowest BCUT2D eigenvalue weighted by Gasteiger charge is -2.12. The minimum atomic E-state index is -0.191. The number of hydrogen-bond donors (Lipinski definition) is 1. The van der Waals surface area contributed by atoms with Crippen molar-refractivity contribution in [3.8, 4) is 11.5 Å². The first-order chi connectivity index (χ1) is 14.1. The van der Waals surface area contributed by atoms with Crippen LogP contribution in [0.5, 0.6) is 11.5 Å². The Labute approximate surface area is 172 Å². The molecule has 0 heterocycles. The first-order valence-corrected chi connectivity index (χ1v) is 9.87. The van der Waals surface area contributed by atoms with Gasteiger partial charge in [0.2, 0.25) is 0 Å². The molecule has 1 N–H and O–H groups in total. The van der Waals surface area contributed by atoms with Gasteiger partial charge in [-0.1, -0.05) is 48.5 Å². The van der Waals surface area contributed by atoms with Crippen molar-refractivity contribution in [2.45, 2.75) is 26.7 Å². The molecule has 4 heteroatoms. The Balaban J connectivity index is 1.41. The number of para-hydroxylation sites is 1. The number of rotatable bonds is 9. The van der Waals surface area contributed by atoms with Crippen molar-refractivity contribution < 1.29 is 14.3 Å². The Morgan fingerprint density at radius 2 is 1.52 bits per heavy atom. The van der Waals surface area contributed by atoms with Gasteiger partial charge in [0.15, 0.2) is 6.61 Å². The molecule has 0 atom stereocenters. The molecule has 150 valence electrons. The summed E-state index contributed by atoms with van der Waals surface area (Å²) in [6.07, 6.45) is 1.95. The van der Waals surface area contributed by atoms with Gasteiger partial charge in [-0.25, -0.2) is 0 Å². The Kier molecular flexibility index (Phi) is 7.28. The van der Waals surface area contributed by atoms with E-state index in [1.807, 2.05) is 62.4 Å². The zero-order valence-electron chi connectivity index (χ0n) is 17.0. The number of hydrogen-bond acceptors (Lipinski definition) is 3. The summed E-state index contributed by atoms with van der Waals surface area (Å²) in [5.41, 5.74) is 4.08. The monoisotopic (exact) mass is 389 g/mol. The summed E-state index contributed by atoms with van der Waals surface area (Å²) in [5, 5.41) is 2.85. The maximum atomic E-state index is 12.2. The van der Waals surface area contributed by atoms with Crippen LogP contribution in [0, 0.1) is 13.8 Å². The number of ether oxygens (including phenoxy) is 2. The topological polar surface area (TPSA) is 47.6 Å². The number of amides is 1. The van der Waals surface area contributed by atoms with Gasteiger partial charge in [-0.05, 0) is 67.6 Å². The predicted molar refractivity (Wildman–Crippen MR) is 117 cm³/mol. The highest BCUT2D eigenvalue weighted by Gasteiger charge is 2.08. The zero-order valence-corrected chi connectivity index (χ0v) is 17.0. The lowest BCUT2D eigenvalue weighted by Crippen LogP contribution is -2.20. The number of aryl methyl sites for hydroxylation is 3. The molecule has 0 aliphatic carbocycles. The number of carbonyl (C=O) groups excluding carboxylic acids is 1. The van der Waals surface area contributed by atoms with E-state index in [0.717, 1.165) is 41.2 Å². The average Bonchev–Trinajstić information content (AvgIpc) is 2.73. The van der Waals surface area contributed by atoms with Crippen LogP contribution >= 0.6 is 0 Å². The van der Waals surface area contributed by atoms with Gasteiger partial charge in [-0.3, -0.25) is 4.79 Å². The van der Waals surface area contributed by atoms with E-state index < -0.39 is 0 Å². The lowest BCUT2D eigenvalue weighted by atomic mass is 10.1. The molecule has 0 aliphatic rings. The molecule has 0 bridgehead atoms. The largest absolute Gasteiger partial charge is 0.494 e. The summed E-state index contributed by atoms with van der Waals surface area (Å²) in [6, 6.07) is 23.7. The van der Waals surface area contributed by atoms with Gasteiger partial charge in [0, 0.05) is 5.69 Å². The number of anilines is 1. The van der Waals surface area contributed by atoms with E-state index in [1.54, 1.807) is 0 Å². The highest BCUT2D eigenvalue weighted by atomic mass is 16.5. The molecule has 3 rings (SSSR count). The number of carbonyl (C=O) groups is 1. The average molecular weight is 389 g/mol. The second-order valence-corrected chi connectivity index (χ2v) is 7.02. The molecule has 0 aromatic heterocycles. The molecule has 3 aromatic carbocycles. The maximum Gasteiger partial charge on any atom is 0.262 e. The molecule has 29 heavy (non-hydrogen) atoms. The second kappa shape index (κ2) is 10.3. The number of benzene rings is 3. The summed E-state index contributed by atoms with van der Waals surface area (Å²) in [6.45, 7) is 4.57. The van der Waals surface area contributed by atoms with Crippen molar-refractivity contribution in [2.24, 2.45) is 0 Å². The van der Waals surface area contributed by atoms with Gasteiger partial charge in [0.05, 0.1) is 6.61 Å². The molecule has 0 unspecified atom stereocenters. The molecule has 0 aliphatic heterocycles. The van der Waals surface area contributed by atoms with Crippen LogP contribution in [0.1, 0.15) is 23.1 Å². The van der Waals surface area contributed by atoms with Crippen LogP contribution in [-0.2, 0) is 11.2 Å². The normalized spacial score (nSPS) is 10.4. The summed E-state index contributed by atoms with van der Waals surface area (Å²) in [5.74, 6) is 1.37. The van der Waals surface area contributed by atoms with Crippen molar-refractivity contribution in [1.82, 2.24) is 0 Å². The minimum absolute atomic E-state index is 0.0244. The maximum absolute atomic E-state index is 12.2. The van der Waals surface area contributed by atoms with Crippen molar-refractivity contribution in [3.63, 3.8) is 0 Å². The van der Waals surface area contributed by atoms with Gasteiger partial charge >= 0.3 is 0 Å². The molecular weight excluding hydrogens is 362 g/mol. The van der Waals surface area contributed by atoms with E-state index in [-0.39, 0.29) is 12.5 Å². The third-order valence-corrected chi connectivity index (χ3v) is 4.62. The molecule has 0 spiro atoms. The standard InChI is InChI=1S/C25H27NO3/c1-19-8-6-9-20(2)25(19)29-18-24(27)26-22-13-15-23(16-14-22)28-17-7-12-21-10-4-3-5-11-21/h3-6,8-11,13-16H,7,12,17-18H2,1-2H3,(H,26,27). The minimum Gasteiger partial charge on any atom is -0.494 e. The van der Waals surface area contributed by atoms with Gasteiger partial charge in [-0.2, -0.15) is 0 Å². The SMILES string of the molecule is Cc1cccc(C)c1OCC(=O)Nc1ccc(OCCCc2ccccc2)cc1. The van der Waals surface area contributed by atoms with Crippen LogP contribution in [-0.4, -0.2) is 19.1 Å². The fourth-order valence-corrected chi connectivity index (χ4v) is 3.11. The van der Waals surface area contributed by atoms with Crippen LogP contribution in [0.3, 0.4) is 0 Å². The Bertz CT molecular complexity index is 900. The zero-order chi connectivity index (χ0) is 20.5. The van der Waals surface area contributed by atoms with Gasteiger partial charge in [-0.15, -0.1) is 0 Å². The second-order valence-electron chi connectivity index (χ2n) is 7.02. The predicted octanol–water partition coefficient (Wildman–Crippen LogP) is 5.33. The highest BCUT2D eigenvalue weighted by molar-refractivity contribution is 5.91. The Hall–Kier alpha value is -3.27. The van der Waals surface area contributed by atoms with Crippen LogP contribution in [0.15, 0.2) is 72.8 Å². The highest BCUT2D eigenvalue weighted by Crippen LogP contribution is 2.22. The van der Waals surface area contributed by atoms with Gasteiger partial charge < -0.3 is 14.8 Å². The summed E-state index contributed by atoms with van der Waals surface area (Å²) in [4.78, 5) is 12.2. The van der Waals surface area contributed by atoms with E-state index in [2.05, 4.69) is 29.6 Å². The van der Waals surface area contributed by atoms with E-state index in [4.69, 9.17) is 9.47 Å². The number of nitrogens with one attached hydrogen (secondary N) is 1. The Morgan fingerprint density at radius 3 is 2.21 bits per heavy atom. The summed E-state index contributed by atoms with van der Waals surface area (Å²) < 4.78 is 11.5. The van der Waals surface area contributed by atoms with E-state index in [1.165, 1.54) is 5.56 Å². The first-order valence-electron chi connectivity index (χ1n) is 9.87. The molecule has 0 fully saturated rings. The molecule has 0 saturated carbocycles. The third kappa shape index (κ3) is 6.39. The fourth-order valence-electron chi connectivity index (χ4n) is 3.11. The third-order valence-electron chi connectivity index (χ3n) is 4.62. The van der Waals surface area contributed by atoms with Crippen LogP contribution in [0.4, 0.5) is 5.69 Å². The lowest BCUT2D eigenvalue weighted by molar-refractivity contribution is -0.118. The van der Waals surface area contributed by atoms with E-state index in [0.29, 0.717) is 6.61 Å². The summed E-state index contributed by atoms with van der Waals surface area (Å²) in [7, 11) is 0. The van der Waals surface area contributed by atoms with Crippen LogP contribution in [0.25, 0.3) is 0 Å². The molecule has 0 saturated heterocycles. The van der Waals surface area contributed by atoms with Crippen molar-refractivity contribution in [3.05, 3.63) is 89.5 Å². The van der Waals surface area contributed by atoms with Crippen molar-refractivity contribution >= 4 is 11.6 Å². The van der Waals surface area contributed by atoms with E-state index in [9.17, 15) is 4.79 Å². The molecule has 4 nitrogen and oxygen atoms in total. The smallest absolute Gasteiger partial charge is 0.262 e. The quantitative estimate of drug-likeness (QED) is 0.503.